The highest BCUT2D eigenvalue weighted by atomic mass is 16.5. The van der Waals surface area contributed by atoms with Crippen molar-refractivity contribution in [3.05, 3.63) is 59.8 Å². The van der Waals surface area contributed by atoms with Gasteiger partial charge >= 0.3 is 6.03 Å². The van der Waals surface area contributed by atoms with E-state index in [-0.39, 0.29) is 19.2 Å². The van der Waals surface area contributed by atoms with Crippen LogP contribution < -0.4 is 10.1 Å². The van der Waals surface area contributed by atoms with Gasteiger partial charge in [0.2, 0.25) is 5.88 Å². The van der Waals surface area contributed by atoms with Crippen LogP contribution in [0.4, 0.5) is 4.79 Å². The molecular formula is C18H23N3O3. The van der Waals surface area contributed by atoms with E-state index in [0.717, 1.165) is 11.1 Å². The first-order chi connectivity index (χ1) is 11.7. The van der Waals surface area contributed by atoms with Crippen molar-refractivity contribution in [3.8, 4) is 5.88 Å². The summed E-state index contributed by atoms with van der Waals surface area (Å²) in [6, 6.07) is 13.1. The van der Waals surface area contributed by atoms with Crippen LogP contribution in [0.15, 0.2) is 48.7 Å². The highest BCUT2D eigenvalue weighted by molar-refractivity contribution is 5.74. The molecular weight excluding hydrogens is 306 g/mol. The first-order valence-electron chi connectivity index (χ1n) is 7.98. The number of ether oxygens (including phenoxy) is 1. The molecule has 2 rings (SSSR count). The van der Waals surface area contributed by atoms with Crippen molar-refractivity contribution in [2.75, 3.05) is 19.8 Å². The van der Waals surface area contributed by atoms with Crippen molar-refractivity contribution < 1.29 is 14.6 Å². The summed E-state index contributed by atoms with van der Waals surface area (Å²) >= 11 is 0. The Morgan fingerprint density at radius 2 is 2.04 bits per heavy atom. The Kier molecular flexibility index (Phi) is 7.04. The van der Waals surface area contributed by atoms with E-state index in [9.17, 15) is 9.90 Å². The molecule has 128 valence electrons. The summed E-state index contributed by atoms with van der Waals surface area (Å²) in [5.74, 6) is 0.525. The lowest BCUT2D eigenvalue weighted by molar-refractivity contribution is 0.173. The summed E-state index contributed by atoms with van der Waals surface area (Å²) in [5, 5.41) is 12.1. The number of hydrogen-bond acceptors (Lipinski definition) is 4. The Morgan fingerprint density at radius 3 is 2.75 bits per heavy atom. The van der Waals surface area contributed by atoms with Gasteiger partial charge in [0.25, 0.3) is 0 Å². The molecule has 0 aliphatic rings. The maximum absolute atomic E-state index is 12.4. The third kappa shape index (κ3) is 5.24. The van der Waals surface area contributed by atoms with Gasteiger partial charge in [-0.05, 0) is 18.6 Å². The second kappa shape index (κ2) is 9.52. The minimum atomic E-state index is -0.237. The predicted octanol–water partition coefficient (Wildman–Crippen LogP) is 2.18. The maximum atomic E-state index is 12.4. The smallest absolute Gasteiger partial charge is 0.318 e. The zero-order chi connectivity index (χ0) is 17.2. The van der Waals surface area contributed by atoms with Crippen LogP contribution in [0.2, 0.25) is 0 Å². The molecule has 0 fully saturated rings. The largest absolute Gasteiger partial charge is 0.478 e. The number of carbonyl (C=O) groups is 1. The number of pyridine rings is 1. The van der Waals surface area contributed by atoms with E-state index in [0.29, 0.717) is 25.6 Å². The molecule has 0 unspecified atom stereocenters. The molecule has 24 heavy (non-hydrogen) atoms. The number of carbonyl (C=O) groups excluding carboxylic acids is 1. The summed E-state index contributed by atoms with van der Waals surface area (Å²) < 4.78 is 5.46. The third-order valence-electron chi connectivity index (χ3n) is 3.43. The molecule has 0 saturated carbocycles. The van der Waals surface area contributed by atoms with E-state index < -0.39 is 0 Å². The van der Waals surface area contributed by atoms with Crippen LogP contribution in [0.25, 0.3) is 0 Å². The maximum Gasteiger partial charge on any atom is 0.318 e. The van der Waals surface area contributed by atoms with Crippen LogP contribution in [0.1, 0.15) is 18.1 Å². The van der Waals surface area contributed by atoms with Crippen LogP contribution in [0, 0.1) is 0 Å². The number of amides is 2. The second-order valence-corrected chi connectivity index (χ2v) is 5.19. The van der Waals surface area contributed by atoms with Gasteiger partial charge < -0.3 is 20.1 Å². The first-order valence-corrected chi connectivity index (χ1v) is 7.98. The lowest BCUT2D eigenvalue weighted by Crippen LogP contribution is -2.40. The number of aliphatic hydroxyl groups is 1. The average Bonchev–Trinajstić information content (AvgIpc) is 2.61. The molecule has 0 saturated heterocycles. The Bertz CT molecular complexity index is 634. The monoisotopic (exact) mass is 329 g/mol. The summed E-state index contributed by atoms with van der Waals surface area (Å²) in [5.41, 5.74) is 1.83. The van der Waals surface area contributed by atoms with Crippen molar-refractivity contribution in [1.29, 1.82) is 0 Å². The number of hydrogen-bond donors (Lipinski definition) is 2. The molecule has 0 radical (unpaired) electrons. The van der Waals surface area contributed by atoms with Crippen LogP contribution in [-0.2, 0) is 13.1 Å². The molecule has 0 aliphatic carbocycles. The Morgan fingerprint density at radius 1 is 1.25 bits per heavy atom. The van der Waals surface area contributed by atoms with Crippen molar-refractivity contribution in [2.45, 2.75) is 20.0 Å². The second-order valence-electron chi connectivity index (χ2n) is 5.19. The number of benzene rings is 1. The van der Waals surface area contributed by atoms with Gasteiger partial charge in [0.05, 0.1) is 13.2 Å². The molecule has 2 N–H and O–H groups in total. The minimum absolute atomic E-state index is 0.0860. The van der Waals surface area contributed by atoms with Crippen molar-refractivity contribution in [2.24, 2.45) is 0 Å². The summed E-state index contributed by atoms with van der Waals surface area (Å²) in [7, 11) is 0. The van der Waals surface area contributed by atoms with E-state index >= 15 is 0 Å². The molecule has 0 spiro atoms. The summed E-state index contributed by atoms with van der Waals surface area (Å²) in [4.78, 5) is 18.2. The quantitative estimate of drug-likeness (QED) is 0.778. The van der Waals surface area contributed by atoms with Crippen molar-refractivity contribution >= 4 is 6.03 Å². The van der Waals surface area contributed by atoms with Gasteiger partial charge in [0, 0.05) is 31.4 Å². The zero-order valence-electron chi connectivity index (χ0n) is 13.8. The molecule has 6 heteroatoms. The molecule has 1 heterocycles. The van der Waals surface area contributed by atoms with Crippen LogP contribution in [0.3, 0.4) is 0 Å². The van der Waals surface area contributed by atoms with Crippen molar-refractivity contribution in [1.82, 2.24) is 15.2 Å². The predicted molar refractivity (Wildman–Crippen MR) is 91.6 cm³/mol. The average molecular weight is 329 g/mol. The molecule has 1 aromatic heterocycles. The van der Waals surface area contributed by atoms with E-state index in [1.54, 1.807) is 17.2 Å². The van der Waals surface area contributed by atoms with Gasteiger partial charge in [-0.25, -0.2) is 9.78 Å². The van der Waals surface area contributed by atoms with Crippen LogP contribution in [-0.4, -0.2) is 40.8 Å². The number of aromatic nitrogens is 1. The van der Waals surface area contributed by atoms with E-state index in [1.807, 2.05) is 43.3 Å². The molecule has 2 aromatic rings. The number of nitrogens with one attached hydrogen (secondary N) is 1. The number of nitrogens with zero attached hydrogens (tertiary/aromatic N) is 2. The molecule has 6 nitrogen and oxygen atoms in total. The number of rotatable bonds is 8. The van der Waals surface area contributed by atoms with Gasteiger partial charge in [-0.1, -0.05) is 36.4 Å². The normalized spacial score (nSPS) is 10.2. The topological polar surface area (TPSA) is 74.7 Å². The fraction of sp³-hybridized carbons (Fsp3) is 0.333. The lowest BCUT2D eigenvalue weighted by atomic mass is 10.2. The molecule has 2 amide bonds. The number of urea groups is 1. The van der Waals surface area contributed by atoms with E-state index in [2.05, 4.69) is 10.3 Å². The van der Waals surface area contributed by atoms with E-state index in [1.165, 1.54) is 0 Å². The molecule has 0 atom stereocenters. The summed E-state index contributed by atoms with van der Waals surface area (Å²) in [6.07, 6.45) is 1.66. The Balaban J connectivity index is 1.98. The fourth-order valence-corrected chi connectivity index (χ4v) is 2.28. The van der Waals surface area contributed by atoms with Gasteiger partial charge in [-0.2, -0.15) is 0 Å². The Hall–Kier alpha value is -2.60. The lowest BCUT2D eigenvalue weighted by Gasteiger charge is -2.22. The zero-order valence-corrected chi connectivity index (χ0v) is 13.8. The van der Waals surface area contributed by atoms with Gasteiger partial charge in [0.15, 0.2) is 0 Å². The third-order valence-corrected chi connectivity index (χ3v) is 3.43. The van der Waals surface area contributed by atoms with Gasteiger partial charge in [0.1, 0.15) is 0 Å². The number of aliphatic hydroxyl groups excluding tert-OH is 1. The molecule has 0 bridgehead atoms. The first kappa shape index (κ1) is 17.7. The van der Waals surface area contributed by atoms with Crippen LogP contribution >= 0.6 is 0 Å². The van der Waals surface area contributed by atoms with Crippen LogP contribution in [0.5, 0.6) is 5.88 Å². The highest BCUT2D eigenvalue weighted by Gasteiger charge is 2.14. The SMILES string of the molecule is CCOc1ncccc1CNC(=O)N(CCO)Cc1ccccc1. The van der Waals surface area contributed by atoms with Gasteiger partial charge in [-0.15, -0.1) is 0 Å². The standard InChI is InChI=1S/C18H23N3O3/c1-2-24-17-16(9-6-10-19-17)13-20-18(23)21(11-12-22)14-15-7-4-3-5-8-15/h3-10,22H,2,11-14H2,1H3,(H,20,23). The molecule has 0 aliphatic heterocycles. The summed E-state index contributed by atoms with van der Waals surface area (Å²) in [6.45, 7) is 3.35. The fourth-order valence-electron chi connectivity index (χ4n) is 2.28. The minimum Gasteiger partial charge on any atom is -0.478 e. The highest BCUT2D eigenvalue weighted by Crippen LogP contribution is 2.14. The van der Waals surface area contributed by atoms with Crippen molar-refractivity contribution in [3.63, 3.8) is 0 Å². The van der Waals surface area contributed by atoms with Gasteiger partial charge in [-0.3, -0.25) is 0 Å². The van der Waals surface area contributed by atoms with E-state index in [4.69, 9.17) is 4.74 Å². The Labute approximate surface area is 142 Å². The molecule has 1 aromatic carbocycles.